The number of pyridine rings is 2. The fourth-order valence-corrected chi connectivity index (χ4v) is 11.3. The molecule has 1 spiro atoms. The molecule has 0 saturated heterocycles. The van der Waals surface area contributed by atoms with E-state index in [4.69, 9.17) is 9.97 Å². The summed E-state index contributed by atoms with van der Waals surface area (Å²) in [7, 11) is 0. The second kappa shape index (κ2) is 10.5. The van der Waals surface area contributed by atoms with E-state index >= 15 is 0 Å². The molecule has 3 aliphatic rings. The standard InChI is InChI=1S/C49H33N3S/c1-28-10-18-32(19-11-28)52(33-20-12-29(2)13-21-33)41-9-3-6-34-35-23-25-38-44(48(35)53-47(34)41)36-22-16-30-14-15-31-17-24-37(43(36)42(30)31)49(38)39-7-4-26-50-45(39)46-40(49)8-5-27-51-46/h3-13,16-27H,14-15H2,1-2H3. The smallest absolute Gasteiger partial charge is 0.0937 e. The van der Waals surface area contributed by atoms with Gasteiger partial charge in [0.25, 0.3) is 0 Å². The topological polar surface area (TPSA) is 29.0 Å². The van der Waals surface area contributed by atoms with E-state index in [-0.39, 0.29) is 0 Å². The minimum Gasteiger partial charge on any atom is -0.309 e. The molecule has 4 heteroatoms. The highest BCUT2D eigenvalue weighted by Gasteiger charge is 2.52. The highest BCUT2D eigenvalue weighted by atomic mass is 32.1. The number of anilines is 3. The Morgan fingerprint density at radius 2 is 1.13 bits per heavy atom. The Labute approximate surface area is 311 Å². The molecular weight excluding hydrogens is 663 g/mol. The second-order valence-electron chi connectivity index (χ2n) is 15.0. The summed E-state index contributed by atoms with van der Waals surface area (Å²) >= 11 is 1.94. The van der Waals surface area contributed by atoms with Crippen molar-refractivity contribution < 1.29 is 0 Å². The Bertz CT molecular complexity index is 2930. The highest BCUT2D eigenvalue weighted by Crippen LogP contribution is 2.63. The predicted octanol–water partition coefficient (Wildman–Crippen LogP) is 12.5. The molecule has 3 aromatic heterocycles. The minimum atomic E-state index is -0.529. The van der Waals surface area contributed by atoms with E-state index in [9.17, 15) is 0 Å². The van der Waals surface area contributed by atoms with Crippen LogP contribution in [0.25, 0.3) is 53.5 Å². The molecule has 0 fully saturated rings. The molecule has 0 atom stereocenters. The summed E-state index contributed by atoms with van der Waals surface area (Å²) in [6.45, 7) is 4.31. The molecule has 0 N–H and O–H groups in total. The van der Waals surface area contributed by atoms with Gasteiger partial charge >= 0.3 is 0 Å². The summed E-state index contributed by atoms with van der Waals surface area (Å²) in [5.74, 6) is 0. The van der Waals surface area contributed by atoms with Crippen LogP contribution in [0.5, 0.6) is 0 Å². The number of hydrogen-bond donors (Lipinski definition) is 0. The first kappa shape index (κ1) is 29.5. The third kappa shape index (κ3) is 3.73. The maximum atomic E-state index is 5.02. The van der Waals surface area contributed by atoms with Crippen LogP contribution in [0, 0.1) is 13.8 Å². The summed E-state index contributed by atoms with van der Waals surface area (Å²) in [6.07, 6.45) is 6.03. The molecule has 0 saturated carbocycles. The van der Waals surface area contributed by atoms with Crippen LogP contribution in [0.15, 0.2) is 140 Å². The van der Waals surface area contributed by atoms with Crippen LogP contribution in [-0.4, -0.2) is 9.97 Å². The van der Waals surface area contributed by atoms with E-state index < -0.39 is 5.41 Å². The monoisotopic (exact) mass is 695 g/mol. The van der Waals surface area contributed by atoms with Crippen molar-refractivity contribution in [2.75, 3.05) is 4.90 Å². The molecule has 0 unspecified atom stereocenters. The van der Waals surface area contributed by atoms with Gasteiger partial charge in [0.15, 0.2) is 0 Å². The zero-order valence-corrected chi connectivity index (χ0v) is 30.3. The van der Waals surface area contributed by atoms with Gasteiger partial charge in [0, 0.05) is 44.8 Å². The molecule has 250 valence electrons. The van der Waals surface area contributed by atoms with Gasteiger partial charge in [-0.15, -0.1) is 11.3 Å². The van der Waals surface area contributed by atoms with Gasteiger partial charge in [0.2, 0.25) is 0 Å². The molecule has 0 bridgehead atoms. The van der Waals surface area contributed by atoms with Crippen molar-refractivity contribution in [2.45, 2.75) is 32.1 Å². The van der Waals surface area contributed by atoms with Crippen LogP contribution < -0.4 is 4.90 Å². The van der Waals surface area contributed by atoms with Crippen molar-refractivity contribution in [2.24, 2.45) is 0 Å². The zero-order chi connectivity index (χ0) is 35.0. The van der Waals surface area contributed by atoms with Gasteiger partial charge in [0.1, 0.15) is 0 Å². The van der Waals surface area contributed by atoms with Gasteiger partial charge in [0.05, 0.1) is 27.2 Å². The Morgan fingerprint density at radius 3 is 1.79 bits per heavy atom. The number of thiophene rings is 1. The van der Waals surface area contributed by atoms with Gasteiger partial charge < -0.3 is 4.90 Å². The van der Waals surface area contributed by atoms with Crippen molar-refractivity contribution in [3.63, 3.8) is 0 Å². The lowest BCUT2D eigenvalue weighted by Crippen LogP contribution is -2.32. The number of aryl methyl sites for hydroxylation is 4. The molecule has 3 heterocycles. The fraction of sp³-hybridized carbons (Fsp3) is 0.102. The molecule has 12 rings (SSSR count). The summed E-state index contributed by atoms with van der Waals surface area (Å²) in [5, 5.41) is 5.45. The molecule has 0 amide bonds. The number of fused-ring (bicyclic) bond motifs is 13. The SMILES string of the molecule is Cc1ccc(N(c2ccc(C)cc2)c2cccc3c2sc2c4c(ccc23)C2(c3cccnc3-c3ncccc32)c2ccc3c5c(ccc-4c25)CC3)cc1. The molecule has 53 heavy (non-hydrogen) atoms. The van der Waals surface area contributed by atoms with Gasteiger partial charge in [-0.05, 0) is 119 Å². The quantitative estimate of drug-likeness (QED) is 0.184. The van der Waals surface area contributed by atoms with Crippen molar-refractivity contribution in [3.05, 3.63) is 184 Å². The van der Waals surface area contributed by atoms with E-state index in [0.29, 0.717) is 0 Å². The maximum Gasteiger partial charge on any atom is 0.0937 e. The lowest BCUT2D eigenvalue weighted by molar-refractivity contribution is 0.771. The minimum absolute atomic E-state index is 0.529. The lowest BCUT2D eigenvalue weighted by Gasteiger charge is -2.40. The van der Waals surface area contributed by atoms with Gasteiger partial charge in [-0.1, -0.05) is 96.1 Å². The maximum absolute atomic E-state index is 5.02. The normalized spacial score (nSPS) is 14.2. The molecule has 3 nitrogen and oxygen atoms in total. The molecule has 9 aromatic rings. The molecule has 0 radical (unpaired) electrons. The first-order valence-electron chi connectivity index (χ1n) is 18.5. The summed E-state index contributed by atoms with van der Waals surface area (Å²) < 4.78 is 2.63. The number of benzene rings is 6. The average molecular weight is 696 g/mol. The van der Waals surface area contributed by atoms with Gasteiger partial charge in [-0.2, -0.15) is 0 Å². The Balaban J connectivity index is 1.23. The number of hydrogen-bond acceptors (Lipinski definition) is 4. The van der Waals surface area contributed by atoms with Gasteiger partial charge in [-0.25, -0.2) is 0 Å². The summed E-state index contributed by atoms with van der Waals surface area (Å²) in [6, 6.07) is 48.0. The first-order valence-corrected chi connectivity index (χ1v) is 19.3. The van der Waals surface area contributed by atoms with Crippen LogP contribution >= 0.6 is 11.3 Å². The van der Waals surface area contributed by atoms with Crippen LogP contribution in [0.4, 0.5) is 17.1 Å². The van der Waals surface area contributed by atoms with Crippen molar-refractivity contribution in [1.29, 1.82) is 0 Å². The summed E-state index contributed by atoms with van der Waals surface area (Å²) in [4.78, 5) is 12.5. The van der Waals surface area contributed by atoms with Crippen LogP contribution in [-0.2, 0) is 18.3 Å². The molecule has 6 aromatic carbocycles. The van der Waals surface area contributed by atoms with E-state index in [1.807, 2.05) is 23.7 Å². The van der Waals surface area contributed by atoms with E-state index in [0.717, 1.165) is 35.6 Å². The van der Waals surface area contributed by atoms with Crippen LogP contribution in [0.2, 0.25) is 0 Å². The van der Waals surface area contributed by atoms with Crippen LogP contribution in [0.3, 0.4) is 0 Å². The lowest BCUT2D eigenvalue weighted by atomic mass is 9.61. The van der Waals surface area contributed by atoms with Crippen molar-refractivity contribution in [1.82, 2.24) is 9.97 Å². The predicted molar refractivity (Wildman–Crippen MR) is 220 cm³/mol. The molecular formula is C49H33N3S. The number of rotatable bonds is 3. The van der Waals surface area contributed by atoms with Gasteiger partial charge in [-0.3, -0.25) is 9.97 Å². The Morgan fingerprint density at radius 1 is 0.528 bits per heavy atom. The van der Waals surface area contributed by atoms with E-state index in [2.05, 4.69) is 146 Å². The van der Waals surface area contributed by atoms with E-state index in [1.165, 1.54) is 92.3 Å². The summed E-state index contributed by atoms with van der Waals surface area (Å²) in [5.41, 5.74) is 18.2. The zero-order valence-electron chi connectivity index (χ0n) is 29.4. The number of aromatic nitrogens is 2. The Hall–Kier alpha value is -6.10. The average Bonchev–Trinajstić information content (AvgIpc) is 3.89. The molecule has 3 aliphatic carbocycles. The van der Waals surface area contributed by atoms with Crippen molar-refractivity contribution >= 4 is 59.3 Å². The highest BCUT2D eigenvalue weighted by molar-refractivity contribution is 7.27. The largest absolute Gasteiger partial charge is 0.309 e. The first-order chi connectivity index (χ1) is 26.1. The van der Waals surface area contributed by atoms with Crippen molar-refractivity contribution in [3.8, 4) is 22.5 Å². The third-order valence-electron chi connectivity index (χ3n) is 12.2. The van der Waals surface area contributed by atoms with E-state index in [1.54, 1.807) is 0 Å². The second-order valence-corrected chi connectivity index (χ2v) is 16.0. The van der Waals surface area contributed by atoms with Crippen LogP contribution in [0.1, 0.15) is 44.5 Å². The third-order valence-corrected chi connectivity index (χ3v) is 13.5. The Kier molecular flexibility index (Phi) is 5.84. The fourth-order valence-electron chi connectivity index (χ4n) is 9.93. The molecule has 0 aliphatic heterocycles. The number of nitrogens with zero attached hydrogens (tertiary/aromatic N) is 3.